The van der Waals surface area contributed by atoms with E-state index in [2.05, 4.69) is 10.3 Å². The molecule has 0 spiro atoms. The largest absolute Gasteiger partial charge is 0.332 e. The maximum Gasteiger partial charge on any atom is 0.237 e. The number of anilines is 1. The average molecular weight is 434 g/mol. The number of H-pyrrole nitrogens is 1. The van der Waals surface area contributed by atoms with Crippen LogP contribution in [0.15, 0.2) is 90.1 Å². The molecule has 0 fully saturated rings. The van der Waals surface area contributed by atoms with Gasteiger partial charge in [-0.2, -0.15) is 0 Å². The van der Waals surface area contributed by atoms with Gasteiger partial charge in [-0.15, -0.1) is 0 Å². The molecular formula is C24H20ClN3OS. The van der Waals surface area contributed by atoms with Crippen molar-refractivity contribution in [3.05, 3.63) is 90.0 Å². The minimum absolute atomic E-state index is 0.110. The van der Waals surface area contributed by atoms with Crippen LogP contribution in [0.2, 0.25) is 5.02 Å². The van der Waals surface area contributed by atoms with Gasteiger partial charge in [0.1, 0.15) is 0 Å². The van der Waals surface area contributed by atoms with Crippen molar-refractivity contribution >= 4 is 35.0 Å². The maximum atomic E-state index is 12.6. The van der Waals surface area contributed by atoms with E-state index in [1.807, 2.05) is 73.7 Å². The summed E-state index contributed by atoms with van der Waals surface area (Å²) in [4.78, 5) is 20.9. The second-order valence-corrected chi connectivity index (χ2v) is 8.52. The highest BCUT2D eigenvalue weighted by atomic mass is 35.5. The molecule has 1 unspecified atom stereocenters. The van der Waals surface area contributed by atoms with Crippen LogP contribution in [-0.2, 0) is 4.79 Å². The van der Waals surface area contributed by atoms with Gasteiger partial charge < -0.3 is 10.3 Å². The summed E-state index contributed by atoms with van der Waals surface area (Å²) in [6.45, 7) is 1.86. The number of imidazole rings is 1. The molecule has 0 aliphatic heterocycles. The molecule has 4 nitrogen and oxygen atoms in total. The highest BCUT2D eigenvalue weighted by Gasteiger charge is 2.20. The predicted molar refractivity (Wildman–Crippen MR) is 125 cm³/mol. The third-order valence-corrected chi connectivity index (χ3v) is 5.76. The molecule has 0 aliphatic carbocycles. The fourth-order valence-corrected chi connectivity index (χ4v) is 4.05. The Morgan fingerprint density at radius 1 is 0.967 bits per heavy atom. The Hall–Kier alpha value is -3.02. The van der Waals surface area contributed by atoms with E-state index in [-0.39, 0.29) is 11.2 Å². The standard InChI is InChI=1S/C24H20ClN3OS/c1-16(23(29)26-20-14-8-13-19(25)15-20)30-24-27-21(17-9-4-2-5-10-17)22(28-24)18-11-6-3-7-12-18/h2-16H,1H3,(H,26,29)(H,27,28). The van der Waals surface area contributed by atoms with Crippen molar-refractivity contribution < 1.29 is 4.79 Å². The number of carbonyl (C=O) groups is 1. The highest BCUT2D eigenvalue weighted by Crippen LogP contribution is 2.34. The number of nitrogens with one attached hydrogen (secondary N) is 2. The first-order valence-electron chi connectivity index (χ1n) is 9.54. The number of aromatic nitrogens is 2. The number of benzene rings is 3. The maximum absolute atomic E-state index is 12.6. The second kappa shape index (κ2) is 9.20. The van der Waals surface area contributed by atoms with Gasteiger partial charge in [0, 0.05) is 21.8 Å². The molecule has 3 aromatic carbocycles. The molecule has 2 N–H and O–H groups in total. The number of halogens is 1. The Labute approximate surface area is 184 Å². The predicted octanol–water partition coefficient (Wildman–Crippen LogP) is 6.52. The lowest BCUT2D eigenvalue weighted by atomic mass is 10.1. The molecule has 1 heterocycles. The minimum atomic E-state index is -0.345. The van der Waals surface area contributed by atoms with Crippen molar-refractivity contribution in [2.75, 3.05) is 5.32 Å². The number of carbonyl (C=O) groups excluding carboxylic acids is 1. The highest BCUT2D eigenvalue weighted by molar-refractivity contribution is 8.00. The Morgan fingerprint density at radius 2 is 1.63 bits per heavy atom. The van der Waals surface area contributed by atoms with Gasteiger partial charge in [-0.3, -0.25) is 4.79 Å². The summed E-state index contributed by atoms with van der Waals surface area (Å²) >= 11 is 7.39. The van der Waals surface area contributed by atoms with E-state index < -0.39 is 0 Å². The fourth-order valence-electron chi connectivity index (χ4n) is 3.06. The molecule has 1 amide bonds. The lowest BCUT2D eigenvalue weighted by molar-refractivity contribution is -0.115. The quantitative estimate of drug-likeness (QED) is 0.340. The molecule has 0 aliphatic rings. The van der Waals surface area contributed by atoms with E-state index >= 15 is 0 Å². The van der Waals surface area contributed by atoms with Gasteiger partial charge in [0.25, 0.3) is 0 Å². The molecule has 4 rings (SSSR count). The zero-order valence-electron chi connectivity index (χ0n) is 16.3. The number of nitrogens with zero attached hydrogens (tertiary/aromatic N) is 1. The van der Waals surface area contributed by atoms with E-state index in [9.17, 15) is 4.79 Å². The van der Waals surface area contributed by atoms with Crippen LogP contribution < -0.4 is 5.32 Å². The first-order valence-corrected chi connectivity index (χ1v) is 10.8. The van der Waals surface area contributed by atoms with Crippen molar-refractivity contribution in [3.63, 3.8) is 0 Å². The third kappa shape index (κ3) is 4.75. The van der Waals surface area contributed by atoms with Crippen LogP contribution >= 0.6 is 23.4 Å². The fraction of sp³-hybridized carbons (Fsp3) is 0.0833. The summed E-state index contributed by atoms with van der Waals surface area (Å²) in [7, 11) is 0. The SMILES string of the molecule is CC(Sc1nc(-c2ccccc2)c(-c2ccccc2)[nH]1)C(=O)Nc1cccc(Cl)c1. The summed E-state index contributed by atoms with van der Waals surface area (Å²) < 4.78 is 0. The molecule has 150 valence electrons. The summed E-state index contributed by atoms with van der Waals surface area (Å²) in [6.07, 6.45) is 0. The second-order valence-electron chi connectivity index (χ2n) is 6.76. The summed E-state index contributed by atoms with van der Waals surface area (Å²) in [6, 6.07) is 27.2. The first-order chi connectivity index (χ1) is 14.6. The molecule has 0 saturated carbocycles. The van der Waals surface area contributed by atoms with Crippen molar-refractivity contribution in [1.29, 1.82) is 0 Å². The number of hydrogen-bond donors (Lipinski definition) is 2. The zero-order valence-corrected chi connectivity index (χ0v) is 17.9. The number of rotatable bonds is 6. The number of thioether (sulfide) groups is 1. The van der Waals surface area contributed by atoms with Gasteiger partial charge >= 0.3 is 0 Å². The van der Waals surface area contributed by atoms with Gasteiger partial charge in [-0.1, -0.05) is 90.1 Å². The van der Waals surface area contributed by atoms with Crippen LogP contribution in [0.1, 0.15) is 6.92 Å². The van der Waals surface area contributed by atoms with Crippen molar-refractivity contribution in [1.82, 2.24) is 9.97 Å². The van der Waals surface area contributed by atoms with Crippen LogP contribution in [-0.4, -0.2) is 21.1 Å². The summed E-state index contributed by atoms with van der Waals surface area (Å²) in [5.41, 5.74) is 4.55. The van der Waals surface area contributed by atoms with Crippen molar-refractivity contribution in [2.24, 2.45) is 0 Å². The van der Waals surface area contributed by atoms with Crippen molar-refractivity contribution in [2.45, 2.75) is 17.3 Å². The monoisotopic (exact) mass is 433 g/mol. The minimum Gasteiger partial charge on any atom is -0.332 e. The lowest BCUT2D eigenvalue weighted by Crippen LogP contribution is -2.22. The van der Waals surface area contributed by atoms with E-state index in [1.54, 1.807) is 18.2 Å². The van der Waals surface area contributed by atoms with E-state index in [0.717, 1.165) is 22.5 Å². The molecule has 6 heteroatoms. The Balaban J connectivity index is 1.58. The molecule has 0 bridgehead atoms. The van der Waals surface area contributed by atoms with Gasteiger partial charge in [-0.05, 0) is 25.1 Å². The number of aromatic amines is 1. The van der Waals surface area contributed by atoms with Gasteiger partial charge in [0.2, 0.25) is 5.91 Å². The van der Waals surface area contributed by atoms with E-state index in [4.69, 9.17) is 16.6 Å². The molecule has 1 atom stereocenters. The van der Waals surface area contributed by atoms with Crippen molar-refractivity contribution in [3.8, 4) is 22.5 Å². The van der Waals surface area contributed by atoms with E-state index in [1.165, 1.54) is 11.8 Å². The Morgan fingerprint density at radius 3 is 2.30 bits per heavy atom. The van der Waals surface area contributed by atoms with Crippen LogP contribution in [0, 0.1) is 0 Å². The molecular weight excluding hydrogens is 414 g/mol. The first kappa shape index (κ1) is 20.3. The molecule has 4 aromatic rings. The molecule has 0 radical (unpaired) electrons. The van der Waals surface area contributed by atoms with Gasteiger partial charge in [-0.25, -0.2) is 4.98 Å². The molecule has 0 saturated heterocycles. The lowest BCUT2D eigenvalue weighted by Gasteiger charge is -2.10. The summed E-state index contributed by atoms with van der Waals surface area (Å²) in [5, 5.41) is 3.83. The summed E-state index contributed by atoms with van der Waals surface area (Å²) in [5.74, 6) is -0.110. The number of hydrogen-bond acceptors (Lipinski definition) is 3. The topological polar surface area (TPSA) is 57.8 Å². The average Bonchev–Trinajstić information content (AvgIpc) is 3.19. The normalized spacial score (nSPS) is 11.8. The van der Waals surface area contributed by atoms with E-state index in [0.29, 0.717) is 15.9 Å². The molecule has 1 aromatic heterocycles. The van der Waals surface area contributed by atoms with Crippen LogP contribution in [0.5, 0.6) is 0 Å². The Bertz CT molecular complexity index is 1090. The third-order valence-electron chi connectivity index (χ3n) is 4.54. The van der Waals surface area contributed by atoms with Gasteiger partial charge in [0.15, 0.2) is 5.16 Å². The van der Waals surface area contributed by atoms with Crippen LogP contribution in [0.25, 0.3) is 22.5 Å². The zero-order chi connectivity index (χ0) is 20.9. The molecule has 30 heavy (non-hydrogen) atoms. The number of amides is 1. The Kier molecular flexibility index (Phi) is 6.21. The smallest absolute Gasteiger partial charge is 0.237 e. The van der Waals surface area contributed by atoms with Crippen LogP contribution in [0.4, 0.5) is 5.69 Å². The van der Waals surface area contributed by atoms with Gasteiger partial charge in [0.05, 0.1) is 16.6 Å². The van der Waals surface area contributed by atoms with Crippen LogP contribution in [0.3, 0.4) is 0 Å².